The zero-order valence-corrected chi connectivity index (χ0v) is 11.2. The van der Waals surface area contributed by atoms with Gasteiger partial charge in [0.1, 0.15) is 0 Å². The molecular weight excluding hydrogens is 234 g/mol. The SMILES string of the molecule is CC(C)n1ccnc1Nc1cccc2ccccc12. The van der Waals surface area contributed by atoms with E-state index in [1.807, 2.05) is 12.4 Å². The first kappa shape index (κ1) is 11.8. The molecular formula is C16H17N3. The molecule has 1 aromatic heterocycles. The first-order chi connectivity index (χ1) is 9.25. The molecule has 0 bridgehead atoms. The molecule has 3 heteroatoms. The average Bonchev–Trinajstić information content (AvgIpc) is 2.87. The molecule has 0 atom stereocenters. The number of imidazole rings is 1. The summed E-state index contributed by atoms with van der Waals surface area (Å²) in [6.45, 7) is 4.30. The normalized spacial score (nSPS) is 11.1. The number of fused-ring (bicyclic) bond motifs is 1. The van der Waals surface area contributed by atoms with Gasteiger partial charge in [0.15, 0.2) is 0 Å². The van der Waals surface area contributed by atoms with Crippen LogP contribution in [-0.4, -0.2) is 9.55 Å². The van der Waals surface area contributed by atoms with Gasteiger partial charge < -0.3 is 9.88 Å². The van der Waals surface area contributed by atoms with Crippen LogP contribution in [0.3, 0.4) is 0 Å². The van der Waals surface area contributed by atoms with E-state index in [9.17, 15) is 0 Å². The lowest BCUT2D eigenvalue weighted by Gasteiger charge is -2.14. The molecule has 0 unspecified atom stereocenters. The number of rotatable bonds is 3. The van der Waals surface area contributed by atoms with Gasteiger partial charge in [0.25, 0.3) is 0 Å². The zero-order chi connectivity index (χ0) is 13.2. The van der Waals surface area contributed by atoms with Gasteiger partial charge in [0.05, 0.1) is 0 Å². The lowest BCUT2D eigenvalue weighted by atomic mass is 10.1. The Morgan fingerprint density at radius 3 is 2.68 bits per heavy atom. The summed E-state index contributed by atoms with van der Waals surface area (Å²) in [5, 5.41) is 5.87. The first-order valence-electron chi connectivity index (χ1n) is 6.53. The van der Waals surface area contributed by atoms with Crippen molar-refractivity contribution in [3.8, 4) is 0 Å². The zero-order valence-electron chi connectivity index (χ0n) is 11.2. The Kier molecular flexibility index (Phi) is 2.95. The molecule has 3 nitrogen and oxygen atoms in total. The van der Waals surface area contributed by atoms with Crippen LogP contribution < -0.4 is 5.32 Å². The fourth-order valence-corrected chi connectivity index (χ4v) is 2.28. The summed E-state index contributed by atoms with van der Waals surface area (Å²) in [5.41, 5.74) is 1.09. The van der Waals surface area contributed by atoms with E-state index in [0.717, 1.165) is 11.6 Å². The number of benzene rings is 2. The predicted octanol–water partition coefficient (Wildman–Crippen LogP) is 4.36. The fraction of sp³-hybridized carbons (Fsp3) is 0.188. The third-order valence-corrected chi connectivity index (χ3v) is 3.26. The first-order valence-corrected chi connectivity index (χ1v) is 6.53. The van der Waals surface area contributed by atoms with Gasteiger partial charge in [-0.15, -0.1) is 0 Å². The molecule has 0 saturated heterocycles. The van der Waals surface area contributed by atoms with Crippen LogP contribution in [0.5, 0.6) is 0 Å². The number of aromatic nitrogens is 2. The molecule has 1 heterocycles. The number of anilines is 2. The van der Waals surface area contributed by atoms with E-state index >= 15 is 0 Å². The van der Waals surface area contributed by atoms with Gasteiger partial charge in [-0.05, 0) is 25.3 Å². The minimum Gasteiger partial charge on any atom is -0.325 e. The maximum atomic E-state index is 4.39. The van der Waals surface area contributed by atoms with Crippen molar-refractivity contribution in [1.82, 2.24) is 9.55 Å². The van der Waals surface area contributed by atoms with Gasteiger partial charge in [-0.1, -0.05) is 36.4 Å². The van der Waals surface area contributed by atoms with Crippen LogP contribution in [0.4, 0.5) is 11.6 Å². The Labute approximate surface area is 112 Å². The molecule has 0 spiro atoms. The Morgan fingerprint density at radius 1 is 1.05 bits per heavy atom. The highest BCUT2D eigenvalue weighted by Gasteiger charge is 2.07. The summed E-state index contributed by atoms with van der Waals surface area (Å²) in [6, 6.07) is 15.0. The molecule has 1 N–H and O–H groups in total. The molecule has 0 radical (unpaired) electrons. The van der Waals surface area contributed by atoms with Crippen molar-refractivity contribution in [2.75, 3.05) is 5.32 Å². The van der Waals surface area contributed by atoms with Crippen LogP contribution in [0.1, 0.15) is 19.9 Å². The monoisotopic (exact) mass is 251 g/mol. The lowest BCUT2D eigenvalue weighted by Crippen LogP contribution is -2.05. The summed E-state index contributed by atoms with van der Waals surface area (Å²) < 4.78 is 2.13. The van der Waals surface area contributed by atoms with E-state index in [4.69, 9.17) is 0 Å². The minimum atomic E-state index is 0.389. The molecule has 0 amide bonds. The van der Waals surface area contributed by atoms with Crippen LogP contribution in [-0.2, 0) is 0 Å². The molecule has 96 valence electrons. The second-order valence-corrected chi connectivity index (χ2v) is 4.90. The maximum absolute atomic E-state index is 4.39. The van der Waals surface area contributed by atoms with Crippen molar-refractivity contribution >= 4 is 22.4 Å². The van der Waals surface area contributed by atoms with E-state index < -0.39 is 0 Å². The van der Waals surface area contributed by atoms with Crippen LogP contribution in [0.15, 0.2) is 54.9 Å². The highest BCUT2D eigenvalue weighted by atomic mass is 15.2. The van der Waals surface area contributed by atoms with Crippen molar-refractivity contribution in [1.29, 1.82) is 0 Å². The third-order valence-electron chi connectivity index (χ3n) is 3.26. The van der Waals surface area contributed by atoms with Crippen molar-refractivity contribution in [2.45, 2.75) is 19.9 Å². The second-order valence-electron chi connectivity index (χ2n) is 4.90. The van der Waals surface area contributed by atoms with Crippen LogP contribution >= 0.6 is 0 Å². The molecule has 0 aliphatic carbocycles. The Bertz CT molecular complexity index is 693. The molecule has 2 aromatic carbocycles. The van der Waals surface area contributed by atoms with Gasteiger partial charge in [-0.3, -0.25) is 0 Å². The van der Waals surface area contributed by atoms with E-state index in [1.54, 1.807) is 0 Å². The topological polar surface area (TPSA) is 29.9 Å². The molecule has 0 saturated carbocycles. The Hall–Kier alpha value is -2.29. The third kappa shape index (κ3) is 2.19. The molecule has 0 aliphatic rings. The van der Waals surface area contributed by atoms with E-state index in [0.29, 0.717) is 6.04 Å². The Morgan fingerprint density at radius 2 is 1.84 bits per heavy atom. The smallest absolute Gasteiger partial charge is 0.207 e. The van der Waals surface area contributed by atoms with Crippen molar-refractivity contribution in [3.05, 3.63) is 54.9 Å². The highest BCUT2D eigenvalue weighted by Crippen LogP contribution is 2.26. The lowest BCUT2D eigenvalue weighted by molar-refractivity contribution is 0.608. The van der Waals surface area contributed by atoms with Crippen molar-refractivity contribution < 1.29 is 0 Å². The van der Waals surface area contributed by atoms with Gasteiger partial charge in [0.2, 0.25) is 5.95 Å². The minimum absolute atomic E-state index is 0.389. The quantitative estimate of drug-likeness (QED) is 0.749. The predicted molar refractivity (Wildman–Crippen MR) is 79.8 cm³/mol. The molecule has 3 aromatic rings. The summed E-state index contributed by atoms with van der Waals surface area (Å²) in [7, 11) is 0. The van der Waals surface area contributed by atoms with Crippen LogP contribution in [0.25, 0.3) is 10.8 Å². The standard InChI is InChI=1S/C16H17N3/c1-12(2)19-11-10-17-16(19)18-15-9-5-7-13-6-3-4-8-14(13)15/h3-12H,1-2H3,(H,17,18). The van der Waals surface area contributed by atoms with Crippen molar-refractivity contribution in [2.24, 2.45) is 0 Å². The maximum Gasteiger partial charge on any atom is 0.207 e. The second kappa shape index (κ2) is 4.76. The van der Waals surface area contributed by atoms with Gasteiger partial charge in [-0.2, -0.15) is 0 Å². The summed E-state index contributed by atoms with van der Waals surface area (Å²) >= 11 is 0. The summed E-state index contributed by atoms with van der Waals surface area (Å²) in [4.78, 5) is 4.39. The summed E-state index contributed by atoms with van der Waals surface area (Å²) in [5.74, 6) is 0.881. The highest BCUT2D eigenvalue weighted by molar-refractivity contribution is 5.94. The van der Waals surface area contributed by atoms with E-state index in [-0.39, 0.29) is 0 Å². The van der Waals surface area contributed by atoms with Gasteiger partial charge >= 0.3 is 0 Å². The number of hydrogen-bond donors (Lipinski definition) is 1. The van der Waals surface area contributed by atoms with Crippen LogP contribution in [0, 0.1) is 0 Å². The average molecular weight is 251 g/mol. The number of hydrogen-bond acceptors (Lipinski definition) is 2. The van der Waals surface area contributed by atoms with Crippen LogP contribution in [0.2, 0.25) is 0 Å². The van der Waals surface area contributed by atoms with Gasteiger partial charge in [-0.25, -0.2) is 4.98 Å². The Balaban J connectivity index is 2.04. The number of nitrogens with zero attached hydrogens (tertiary/aromatic N) is 2. The molecule has 0 fully saturated rings. The molecule has 19 heavy (non-hydrogen) atoms. The van der Waals surface area contributed by atoms with Gasteiger partial charge in [0, 0.05) is 29.5 Å². The largest absolute Gasteiger partial charge is 0.325 e. The molecule has 0 aliphatic heterocycles. The molecule has 3 rings (SSSR count). The fourth-order valence-electron chi connectivity index (χ4n) is 2.28. The van der Waals surface area contributed by atoms with E-state index in [1.165, 1.54) is 10.8 Å². The number of nitrogens with one attached hydrogen (secondary N) is 1. The summed E-state index contributed by atoms with van der Waals surface area (Å²) in [6.07, 6.45) is 3.82. The van der Waals surface area contributed by atoms with Crippen molar-refractivity contribution in [3.63, 3.8) is 0 Å². The van der Waals surface area contributed by atoms with E-state index in [2.05, 4.69) is 71.2 Å².